The van der Waals surface area contributed by atoms with Crippen LogP contribution >= 0.6 is 0 Å². The smallest absolute Gasteiger partial charge is 0.412 e. The van der Waals surface area contributed by atoms with E-state index in [1.807, 2.05) is 18.2 Å². The minimum atomic E-state index is -0.621. The highest BCUT2D eigenvalue weighted by Crippen LogP contribution is 2.26. The molecule has 1 aliphatic rings. The quantitative estimate of drug-likeness (QED) is 0.405. The molecular formula is C27H31N3O4. The summed E-state index contributed by atoms with van der Waals surface area (Å²) < 4.78 is 5.29. The minimum absolute atomic E-state index is 0.305. The number of aromatic nitrogens is 1. The van der Waals surface area contributed by atoms with E-state index in [0.717, 1.165) is 19.3 Å². The van der Waals surface area contributed by atoms with Crippen LogP contribution in [-0.2, 0) is 16.0 Å². The van der Waals surface area contributed by atoms with E-state index in [1.165, 1.54) is 5.56 Å². The minimum Gasteiger partial charge on any atom is -0.444 e. The van der Waals surface area contributed by atoms with Crippen LogP contribution in [0.15, 0.2) is 54.7 Å². The van der Waals surface area contributed by atoms with Gasteiger partial charge in [-0.2, -0.15) is 0 Å². The number of benzene rings is 2. The highest BCUT2D eigenvalue weighted by Gasteiger charge is 2.29. The van der Waals surface area contributed by atoms with E-state index in [0.29, 0.717) is 41.2 Å². The van der Waals surface area contributed by atoms with Crippen LogP contribution in [0.5, 0.6) is 0 Å². The lowest BCUT2D eigenvalue weighted by Crippen LogP contribution is -2.42. The Hall–Kier alpha value is -3.61. The summed E-state index contributed by atoms with van der Waals surface area (Å²) in [4.78, 5) is 42.9. The number of amides is 2. The molecule has 0 atom stereocenters. The third-order valence-electron chi connectivity index (χ3n) is 6.03. The number of fused-ring (bicyclic) bond motifs is 1. The molecule has 1 aromatic heterocycles. The first-order chi connectivity index (χ1) is 16.2. The third-order valence-corrected chi connectivity index (χ3v) is 6.03. The SMILES string of the molecule is CC(C)(C)OC(=O)Nc1ccc2[nH]cc(C(=O)C(=O)N3CCC(Cc4ccccc4)CC3)c2c1. The van der Waals surface area contributed by atoms with Crippen LogP contribution in [0.3, 0.4) is 0 Å². The van der Waals surface area contributed by atoms with E-state index < -0.39 is 23.4 Å². The van der Waals surface area contributed by atoms with Crippen LogP contribution in [0.4, 0.5) is 10.5 Å². The van der Waals surface area contributed by atoms with Gasteiger partial charge in [-0.25, -0.2) is 4.79 Å². The molecular weight excluding hydrogens is 430 g/mol. The molecule has 3 aromatic rings. The van der Waals surface area contributed by atoms with Gasteiger partial charge in [-0.05, 0) is 69.7 Å². The molecule has 1 fully saturated rings. The Morgan fingerprint density at radius 3 is 2.44 bits per heavy atom. The monoisotopic (exact) mass is 461 g/mol. The van der Waals surface area contributed by atoms with Crippen LogP contribution in [0.2, 0.25) is 0 Å². The number of rotatable bonds is 5. The fourth-order valence-electron chi connectivity index (χ4n) is 4.35. The number of aromatic amines is 1. The highest BCUT2D eigenvalue weighted by molar-refractivity contribution is 6.44. The van der Waals surface area contributed by atoms with Gasteiger partial charge in [-0.15, -0.1) is 0 Å². The van der Waals surface area contributed by atoms with E-state index in [2.05, 4.69) is 22.4 Å². The molecule has 2 heterocycles. The second-order valence-corrected chi connectivity index (χ2v) is 9.84. The van der Waals surface area contributed by atoms with Crippen molar-refractivity contribution >= 4 is 34.4 Å². The summed E-state index contributed by atoms with van der Waals surface area (Å²) in [5, 5.41) is 3.27. The number of nitrogens with one attached hydrogen (secondary N) is 2. The molecule has 4 rings (SSSR count). The first-order valence-electron chi connectivity index (χ1n) is 11.7. The van der Waals surface area contributed by atoms with E-state index in [9.17, 15) is 14.4 Å². The van der Waals surface area contributed by atoms with Crippen molar-refractivity contribution in [3.8, 4) is 0 Å². The Labute approximate surface area is 199 Å². The van der Waals surface area contributed by atoms with Crippen molar-refractivity contribution < 1.29 is 19.1 Å². The summed E-state index contributed by atoms with van der Waals surface area (Å²) in [5.41, 5.74) is 2.19. The molecule has 1 aliphatic heterocycles. The van der Waals surface area contributed by atoms with Crippen molar-refractivity contribution in [3.63, 3.8) is 0 Å². The molecule has 7 nitrogen and oxygen atoms in total. The summed E-state index contributed by atoms with van der Waals surface area (Å²) in [7, 11) is 0. The summed E-state index contributed by atoms with van der Waals surface area (Å²) >= 11 is 0. The van der Waals surface area contributed by atoms with E-state index >= 15 is 0 Å². The number of hydrogen-bond acceptors (Lipinski definition) is 4. The lowest BCUT2D eigenvalue weighted by atomic mass is 9.90. The summed E-state index contributed by atoms with van der Waals surface area (Å²) in [6.45, 7) is 6.52. The number of carbonyl (C=O) groups excluding carboxylic acids is 3. The van der Waals surface area contributed by atoms with Crippen molar-refractivity contribution in [1.82, 2.24) is 9.88 Å². The standard InChI is InChI=1S/C27H31N3O4/c1-27(2,3)34-26(33)29-20-9-10-23-21(16-20)22(17-28-23)24(31)25(32)30-13-11-19(12-14-30)15-18-7-5-4-6-8-18/h4-10,16-17,19,28H,11-15H2,1-3H3,(H,29,33). The molecule has 0 saturated carbocycles. The molecule has 0 aliphatic carbocycles. The van der Waals surface area contributed by atoms with Gasteiger partial charge in [0.05, 0.1) is 5.56 Å². The van der Waals surface area contributed by atoms with Gasteiger partial charge in [0.1, 0.15) is 5.60 Å². The van der Waals surface area contributed by atoms with Crippen molar-refractivity contribution in [2.24, 2.45) is 5.92 Å². The molecule has 0 bridgehead atoms. The second kappa shape index (κ2) is 9.71. The van der Waals surface area contributed by atoms with Crippen LogP contribution in [-0.4, -0.2) is 46.4 Å². The Balaban J connectivity index is 1.41. The van der Waals surface area contributed by atoms with Crippen LogP contribution in [0.1, 0.15) is 49.5 Å². The van der Waals surface area contributed by atoms with Crippen molar-refractivity contribution in [2.75, 3.05) is 18.4 Å². The van der Waals surface area contributed by atoms with Gasteiger partial charge in [0, 0.05) is 35.9 Å². The maximum atomic E-state index is 13.1. The van der Waals surface area contributed by atoms with Gasteiger partial charge in [0.25, 0.3) is 11.7 Å². The number of likely N-dealkylation sites (tertiary alicyclic amines) is 1. The zero-order valence-electron chi connectivity index (χ0n) is 19.9. The lowest BCUT2D eigenvalue weighted by Gasteiger charge is -2.31. The third kappa shape index (κ3) is 5.65. The Bertz CT molecular complexity index is 1190. The van der Waals surface area contributed by atoms with Gasteiger partial charge in [-0.1, -0.05) is 30.3 Å². The number of piperidine rings is 1. The zero-order chi connectivity index (χ0) is 24.3. The highest BCUT2D eigenvalue weighted by atomic mass is 16.6. The molecule has 178 valence electrons. The van der Waals surface area contributed by atoms with Gasteiger partial charge in [0.2, 0.25) is 0 Å². The average Bonchev–Trinajstić information content (AvgIpc) is 3.21. The second-order valence-electron chi connectivity index (χ2n) is 9.84. The Kier molecular flexibility index (Phi) is 6.72. The maximum Gasteiger partial charge on any atom is 0.412 e. The molecule has 34 heavy (non-hydrogen) atoms. The molecule has 2 N–H and O–H groups in total. The van der Waals surface area contributed by atoms with Crippen molar-refractivity contribution in [3.05, 3.63) is 65.9 Å². The molecule has 2 aromatic carbocycles. The van der Waals surface area contributed by atoms with E-state index in [1.54, 1.807) is 50.1 Å². The van der Waals surface area contributed by atoms with E-state index in [-0.39, 0.29) is 0 Å². The first-order valence-corrected chi connectivity index (χ1v) is 11.7. The molecule has 7 heteroatoms. The number of hydrogen-bond donors (Lipinski definition) is 2. The molecule has 0 radical (unpaired) electrons. The average molecular weight is 462 g/mol. The summed E-state index contributed by atoms with van der Waals surface area (Å²) in [6, 6.07) is 15.5. The Morgan fingerprint density at radius 1 is 1.06 bits per heavy atom. The van der Waals surface area contributed by atoms with Crippen LogP contribution < -0.4 is 5.32 Å². The van der Waals surface area contributed by atoms with Crippen molar-refractivity contribution in [2.45, 2.75) is 45.6 Å². The number of ether oxygens (including phenoxy) is 1. The topological polar surface area (TPSA) is 91.5 Å². The normalized spacial score (nSPS) is 14.7. The molecule has 2 amide bonds. The van der Waals surface area contributed by atoms with Crippen LogP contribution in [0, 0.1) is 5.92 Å². The molecule has 1 saturated heterocycles. The van der Waals surface area contributed by atoms with Gasteiger partial charge in [0.15, 0.2) is 0 Å². The van der Waals surface area contributed by atoms with Gasteiger partial charge >= 0.3 is 6.09 Å². The lowest BCUT2D eigenvalue weighted by molar-refractivity contribution is -0.127. The number of H-pyrrole nitrogens is 1. The van der Waals surface area contributed by atoms with Gasteiger partial charge < -0.3 is 14.6 Å². The predicted octanol–water partition coefficient (Wildman–Crippen LogP) is 5.18. The van der Waals surface area contributed by atoms with Gasteiger partial charge in [-0.3, -0.25) is 14.9 Å². The molecule has 0 spiro atoms. The fraction of sp³-hybridized carbons (Fsp3) is 0.370. The van der Waals surface area contributed by atoms with Crippen molar-refractivity contribution in [1.29, 1.82) is 0 Å². The van der Waals surface area contributed by atoms with Crippen LogP contribution in [0.25, 0.3) is 10.9 Å². The number of ketones is 1. The predicted molar refractivity (Wildman–Crippen MR) is 132 cm³/mol. The zero-order valence-corrected chi connectivity index (χ0v) is 19.9. The fourth-order valence-corrected chi connectivity index (χ4v) is 4.35. The number of Topliss-reactive ketones (excluding diaryl/α,β-unsaturated/α-hetero) is 1. The Morgan fingerprint density at radius 2 is 1.76 bits per heavy atom. The summed E-state index contributed by atoms with van der Waals surface area (Å²) in [5.74, 6) is -0.511. The number of anilines is 1. The number of nitrogens with zero attached hydrogens (tertiary/aromatic N) is 1. The van der Waals surface area contributed by atoms with E-state index in [4.69, 9.17) is 4.74 Å². The molecule has 0 unspecified atom stereocenters. The largest absolute Gasteiger partial charge is 0.444 e. The summed E-state index contributed by atoms with van der Waals surface area (Å²) in [6.07, 6.45) is 3.74. The number of carbonyl (C=O) groups is 3. The maximum absolute atomic E-state index is 13.1. The first kappa shape index (κ1) is 23.5.